The van der Waals surface area contributed by atoms with Gasteiger partial charge in [0.15, 0.2) is 0 Å². The Labute approximate surface area is 177 Å². The van der Waals surface area contributed by atoms with E-state index in [-0.39, 0.29) is 5.91 Å². The minimum absolute atomic E-state index is 0.0745. The number of ether oxygens (including phenoxy) is 1. The molecule has 2 aromatic carbocycles. The highest BCUT2D eigenvalue weighted by atomic mass is 16.5. The van der Waals surface area contributed by atoms with Gasteiger partial charge in [0.05, 0.1) is 0 Å². The summed E-state index contributed by atoms with van der Waals surface area (Å²) in [5.74, 6) is 2.14. The first-order valence-corrected chi connectivity index (χ1v) is 10.2. The molecule has 0 bridgehead atoms. The van der Waals surface area contributed by atoms with Crippen LogP contribution in [0, 0.1) is 13.8 Å². The lowest BCUT2D eigenvalue weighted by molar-refractivity contribution is 0.0664. The van der Waals surface area contributed by atoms with Gasteiger partial charge in [-0.1, -0.05) is 17.7 Å². The van der Waals surface area contributed by atoms with Crippen LogP contribution in [0.4, 0.5) is 0 Å². The minimum Gasteiger partial charge on any atom is -0.487 e. The highest BCUT2D eigenvalue weighted by molar-refractivity contribution is 5.94. The van der Waals surface area contributed by atoms with E-state index in [0.717, 1.165) is 48.9 Å². The molecule has 0 radical (unpaired) electrons. The molecule has 0 spiro atoms. The van der Waals surface area contributed by atoms with Gasteiger partial charge in [-0.15, -0.1) is 0 Å². The van der Waals surface area contributed by atoms with Crippen LogP contribution in [0.5, 0.6) is 5.75 Å². The number of aryl methyl sites for hydroxylation is 2. The number of benzene rings is 2. The molecular weight excluding hydrogens is 378 g/mol. The lowest BCUT2D eigenvalue weighted by atomic mass is 10.1. The molecule has 1 aromatic heterocycles. The van der Waals surface area contributed by atoms with Gasteiger partial charge in [0.1, 0.15) is 23.8 Å². The van der Waals surface area contributed by atoms with Gasteiger partial charge in [-0.2, -0.15) is 0 Å². The standard InChI is InChI=1S/C24H27N3O3/c1-17-4-10-21(11-5-17)29-16-22-18(2)30-23(25-22)19-6-8-20(9-7-19)24(28)27-14-12-26(3)13-15-27/h4-11H,12-16H2,1-3H3. The van der Waals surface area contributed by atoms with Crippen LogP contribution in [0.1, 0.15) is 27.4 Å². The molecule has 4 rings (SSSR count). The zero-order valence-corrected chi connectivity index (χ0v) is 17.7. The molecule has 0 atom stereocenters. The molecule has 0 aliphatic carbocycles. The Kier molecular flexibility index (Phi) is 5.86. The summed E-state index contributed by atoms with van der Waals surface area (Å²) in [6, 6.07) is 15.4. The van der Waals surface area contributed by atoms with Crippen LogP contribution < -0.4 is 4.74 Å². The molecule has 1 amide bonds. The Morgan fingerprint density at radius 3 is 2.33 bits per heavy atom. The van der Waals surface area contributed by atoms with Gasteiger partial charge in [-0.05, 0) is 57.3 Å². The number of carbonyl (C=O) groups is 1. The number of rotatable bonds is 5. The zero-order chi connectivity index (χ0) is 21.1. The highest BCUT2D eigenvalue weighted by Crippen LogP contribution is 2.24. The van der Waals surface area contributed by atoms with Gasteiger partial charge in [0.2, 0.25) is 5.89 Å². The first-order chi connectivity index (χ1) is 14.5. The van der Waals surface area contributed by atoms with Crippen molar-refractivity contribution in [2.45, 2.75) is 20.5 Å². The second kappa shape index (κ2) is 8.71. The van der Waals surface area contributed by atoms with E-state index in [1.165, 1.54) is 5.56 Å². The van der Waals surface area contributed by atoms with E-state index >= 15 is 0 Å². The number of piperazine rings is 1. The molecule has 1 aliphatic rings. The van der Waals surface area contributed by atoms with Crippen LogP contribution in [0.2, 0.25) is 0 Å². The Morgan fingerprint density at radius 2 is 1.67 bits per heavy atom. The number of aromatic nitrogens is 1. The summed E-state index contributed by atoms with van der Waals surface area (Å²) < 4.78 is 11.7. The normalized spacial score (nSPS) is 14.7. The van der Waals surface area contributed by atoms with Crippen LogP contribution in [0.3, 0.4) is 0 Å². The fourth-order valence-corrected chi connectivity index (χ4v) is 3.42. The summed E-state index contributed by atoms with van der Waals surface area (Å²) in [6.07, 6.45) is 0. The van der Waals surface area contributed by atoms with Crippen molar-refractivity contribution < 1.29 is 13.9 Å². The topological polar surface area (TPSA) is 58.8 Å². The fraction of sp³-hybridized carbons (Fsp3) is 0.333. The molecule has 1 aliphatic heterocycles. The summed E-state index contributed by atoms with van der Waals surface area (Å²) in [4.78, 5) is 21.4. The Balaban J connectivity index is 1.42. The fourth-order valence-electron chi connectivity index (χ4n) is 3.42. The van der Waals surface area contributed by atoms with E-state index in [1.807, 2.05) is 67.3 Å². The first kappa shape index (κ1) is 20.2. The second-order valence-electron chi connectivity index (χ2n) is 7.80. The van der Waals surface area contributed by atoms with Gasteiger partial charge in [0.25, 0.3) is 5.91 Å². The summed E-state index contributed by atoms with van der Waals surface area (Å²) in [5, 5.41) is 0. The number of hydrogen-bond donors (Lipinski definition) is 0. The number of likely N-dealkylation sites (N-methyl/N-ethyl adjacent to an activating group) is 1. The maximum absolute atomic E-state index is 12.7. The molecule has 156 valence electrons. The summed E-state index contributed by atoms with van der Waals surface area (Å²) in [6.45, 7) is 7.62. The highest BCUT2D eigenvalue weighted by Gasteiger charge is 2.20. The Morgan fingerprint density at radius 1 is 1.00 bits per heavy atom. The molecule has 3 aromatic rings. The summed E-state index contributed by atoms with van der Waals surface area (Å²) in [5.41, 5.74) is 3.49. The van der Waals surface area contributed by atoms with Crippen molar-refractivity contribution in [3.63, 3.8) is 0 Å². The van der Waals surface area contributed by atoms with Gasteiger partial charge in [0, 0.05) is 37.3 Å². The molecule has 0 unspecified atom stereocenters. The smallest absolute Gasteiger partial charge is 0.253 e. The average Bonchev–Trinajstić information content (AvgIpc) is 3.14. The monoisotopic (exact) mass is 405 g/mol. The van der Waals surface area contributed by atoms with E-state index < -0.39 is 0 Å². The van der Waals surface area contributed by atoms with Crippen molar-refractivity contribution in [2.24, 2.45) is 0 Å². The minimum atomic E-state index is 0.0745. The zero-order valence-electron chi connectivity index (χ0n) is 17.7. The molecule has 1 saturated heterocycles. The summed E-state index contributed by atoms with van der Waals surface area (Å²) >= 11 is 0. The quantitative estimate of drug-likeness (QED) is 0.644. The lowest BCUT2D eigenvalue weighted by Crippen LogP contribution is -2.47. The van der Waals surface area contributed by atoms with E-state index in [4.69, 9.17) is 9.15 Å². The molecule has 0 N–H and O–H groups in total. The first-order valence-electron chi connectivity index (χ1n) is 10.2. The van der Waals surface area contributed by atoms with E-state index in [9.17, 15) is 4.79 Å². The SMILES string of the molecule is Cc1ccc(OCc2nc(-c3ccc(C(=O)N4CCN(C)CC4)cc3)oc2C)cc1. The maximum atomic E-state index is 12.7. The van der Waals surface area contributed by atoms with Gasteiger partial charge < -0.3 is 19.0 Å². The van der Waals surface area contributed by atoms with Gasteiger partial charge >= 0.3 is 0 Å². The number of hydrogen-bond acceptors (Lipinski definition) is 5. The van der Waals surface area contributed by atoms with Crippen LogP contribution in [0.15, 0.2) is 52.9 Å². The lowest BCUT2D eigenvalue weighted by Gasteiger charge is -2.32. The predicted molar refractivity (Wildman–Crippen MR) is 116 cm³/mol. The van der Waals surface area contributed by atoms with Gasteiger partial charge in [-0.25, -0.2) is 4.98 Å². The van der Waals surface area contributed by atoms with E-state index in [2.05, 4.69) is 16.9 Å². The summed E-state index contributed by atoms with van der Waals surface area (Å²) in [7, 11) is 2.08. The van der Waals surface area contributed by atoms with E-state index in [1.54, 1.807) is 0 Å². The van der Waals surface area contributed by atoms with Crippen molar-refractivity contribution >= 4 is 5.91 Å². The van der Waals surface area contributed by atoms with Crippen molar-refractivity contribution in [1.29, 1.82) is 0 Å². The molecule has 30 heavy (non-hydrogen) atoms. The van der Waals surface area contributed by atoms with Crippen LogP contribution in [-0.4, -0.2) is 53.9 Å². The van der Waals surface area contributed by atoms with Crippen LogP contribution in [-0.2, 0) is 6.61 Å². The Bertz CT molecular complexity index is 1000. The molecule has 6 nitrogen and oxygen atoms in total. The van der Waals surface area contributed by atoms with Crippen LogP contribution in [0.25, 0.3) is 11.5 Å². The number of carbonyl (C=O) groups excluding carboxylic acids is 1. The third-order valence-electron chi connectivity index (χ3n) is 5.46. The molecule has 6 heteroatoms. The average molecular weight is 405 g/mol. The van der Waals surface area contributed by atoms with Crippen molar-refractivity contribution in [2.75, 3.05) is 33.2 Å². The van der Waals surface area contributed by atoms with E-state index in [0.29, 0.717) is 18.1 Å². The van der Waals surface area contributed by atoms with Crippen molar-refractivity contribution in [3.8, 4) is 17.2 Å². The van der Waals surface area contributed by atoms with Gasteiger partial charge in [-0.3, -0.25) is 4.79 Å². The van der Waals surface area contributed by atoms with Crippen molar-refractivity contribution in [1.82, 2.24) is 14.8 Å². The molecule has 2 heterocycles. The number of nitrogens with zero attached hydrogens (tertiary/aromatic N) is 3. The molecular formula is C24H27N3O3. The Hall–Kier alpha value is -3.12. The molecule has 1 fully saturated rings. The maximum Gasteiger partial charge on any atom is 0.253 e. The van der Waals surface area contributed by atoms with Crippen LogP contribution >= 0.6 is 0 Å². The third-order valence-corrected chi connectivity index (χ3v) is 5.46. The largest absolute Gasteiger partial charge is 0.487 e. The predicted octanol–water partition coefficient (Wildman–Crippen LogP) is 3.93. The third kappa shape index (κ3) is 4.54. The number of amides is 1. The van der Waals surface area contributed by atoms with Crippen molar-refractivity contribution in [3.05, 3.63) is 71.1 Å². The second-order valence-corrected chi connectivity index (χ2v) is 7.80. The molecule has 0 saturated carbocycles. The number of oxazole rings is 1.